The minimum absolute atomic E-state index is 0.0160. The summed E-state index contributed by atoms with van der Waals surface area (Å²) in [6, 6.07) is -1.20. The number of ether oxygens (including phenoxy) is 1. The highest BCUT2D eigenvalue weighted by Crippen LogP contribution is 2.30. The van der Waals surface area contributed by atoms with Gasteiger partial charge in [0.05, 0.1) is 6.04 Å². The molecule has 1 heterocycles. The second-order valence-electron chi connectivity index (χ2n) is 10.1. The molecule has 10 heteroatoms. The van der Waals surface area contributed by atoms with E-state index in [9.17, 15) is 19.5 Å². The van der Waals surface area contributed by atoms with Crippen molar-refractivity contribution in [3.05, 3.63) is 16.1 Å². The number of hydrogen-bond acceptors (Lipinski definition) is 7. The predicted molar refractivity (Wildman–Crippen MR) is 139 cm³/mol. The third-order valence-corrected chi connectivity index (χ3v) is 7.54. The molecular weight excluding hydrogens is 468 g/mol. The summed E-state index contributed by atoms with van der Waals surface area (Å²) >= 11 is 1.23. The Morgan fingerprint density at radius 3 is 2.11 bits per heavy atom. The van der Waals surface area contributed by atoms with Crippen molar-refractivity contribution < 1.29 is 24.2 Å². The first-order chi connectivity index (χ1) is 16.3. The number of likely N-dealkylation sites (N-methyl/N-ethyl adjacent to an activating group) is 2. The fourth-order valence-corrected chi connectivity index (χ4v) is 5.25. The number of carboxylic acid groups (broad SMARTS) is 1. The fraction of sp³-hybridized carbons (Fsp3) is 0.760. The highest BCUT2D eigenvalue weighted by molar-refractivity contribution is 7.09. The van der Waals surface area contributed by atoms with E-state index < -0.39 is 18.1 Å². The molecule has 0 saturated heterocycles. The number of hydrogen-bond donors (Lipinski definition) is 2. The molecule has 1 rings (SSSR count). The van der Waals surface area contributed by atoms with Crippen molar-refractivity contribution in [2.24, 2.45) is 17.8 Å². The van der Waals surface area contributed by atoms with Crippen LogP contribution in [-0.2, 0) is 14.3 Å². The number of aromatic carboxylic acids is 1. The lowest BCUT2D eigenvalue weighted by Gasteiger charge is -2.37. The van der Waals surface area contributed by atoms with Crippen molar-refractivity contribution in [3.63, 3.8) is 0 Å². The van der Waals surface area contributed by atoms with Gasteiger partial charge in [-0.2, -0.15) is 0 Å². The van der Waals surface area contributed by atoms with Crippen molar-refractivity contribution in [2.45, 2.75) is 78.6 Å². The molecule has 0 aliphatic heterocycles. The van der Waals surface area contributed by atoms with Gasteiger partial charge in [0.15, 0.2) is 5.69 Å². The number of carbonyl (C=O) groups excluding carboxylic acids is 2. The largest absolute Gasteiger partial charge is 0.476 e. The molecule has 0 bridgehead atoms. The zero-order chi connectivity index (χ0) is 27.0. The van der Waals surface area contributed by atoms with E-state index in [4.69, 9.17) is 4.74 Å². The number of carbonyl (C=O) groups is 3. The van der Waals surface area contributed by atoms with E-state index in [2.05, 4.69) is 10.3 Å². The summed E-state index contributed by atoms with van der Waals surface area (Å²) in [7, 11) is 7.05. The molecule has 0 aromatic carbocycles. The molecule has 5 atom stereocenters. The van der Waals surface area contributed by atoms with Crippen LogP contribution in [0.1, 0.15) is 76.0 Å². The molecule has 0 unspecified atom stereocenters. The van der Waals surface area contributed by atoms with Gasteiger partial charge in [-0.3, -0.25) is 14.5 Å². The Kier molecular flexibility index (Phi) is 12.3. The summed E-state index contributed by atoms with van der Waals surface area (Å²) in [6.07, 6.45) is 0.742. The van der Waals surface area contributed by atoms with Crippen LogP contribution in [0.4, 0.5) is 0 Å². The quantitative estimate of drug-likeness (QED) is 0.392. The zero-order valence-corrected chi connectivity index (χ0v) is 23.7. The van der Waals surface area contributed by atoms with Crippen LogP contribution >= 0.6 is 11.3 Å². The molecule has 2 N–H and O–H groups in total. The van der Waals surface area contributed by atoms with Gasteiger partial charge in [0.1, 0.15) is 17.2 Å². The number of nitrogens with one attached hydrogen (secondary N) is 1. The van der Waals surface area contributed by atoms with Crippen LogP contribution in [0, 0.1) is 17.8 Å². The third kappa shape index (κ3) is 8.25. The average molecular weight is 513 g/mol. The first kappa shape index (κ1) is 31.0. The van der Waals surface area contributed by atoms with Crippen LogP contribution in [0.25, 0.3) is 0 Å². The van der Waals surface area contributed by atoms with Gasteiger partial charge in [-0.1, -0.05) is 48.0 Å². The molecule has 0 saturated carbocycles. The molecular formula is C25H44N4O5S. The monoisotopic (exact) mass is 512 g/mol. The molecule has 0 spiro atoms. The number of carboxylic acids is 1. The van der Waals surface area contributed by atoms with Gasteiger partial charge in [-0.05, 0) is 31.8 Å². The van der Waals surface area contributed by atoms with Gasteiger partial charge in [0.25, 0.3) is 0 Å². The summed E-state index contributed by atoms with van der Waals surface area (Å²) in [5.74, 6) is -1.24. The zero-order valence-electron chi connectivity index (χ0n) is 22.9. The Hall–Kier alpha value is -2.04. The lowest BCUT2D eigenvalue weighted by molar-refractivity contribution is -0.141. The van der Waals surface area contributed by atoms with E-state index in [-0.39, 0.29) is 47.3 Å². The molecule has 1 aromatic heterocycles. The minimum atomic E-state index is -1.08. The number of thiazole rings is 1. The van der Waals surface area contributed by atoms with Crippen molar-refractivity contribution in [2.75, 3.05) is 28.3 Å². The number of rotatable bonds is 14. The topological polar surface area (TPSA) is 112 Å². The lowest BCUT2D eigenvalue weighted by Crippen LogP contribution is -2.58. The molecule has 0 aliphatic rings. The molecule has 0 aliphatic carbocycles. The van der Waals surface area contributed by atoms with Crippen LogP contribution in [0.15, 0.2) is 5.38 Å². The number of nitrogens with zero attached hydrogens (tertiary/aromatic N) is 3. The predicted octanol–water partition coefficient (Wildman–Crippen LogP) is 3.52. The maximum absolute atomic E-state index is 13.8. The summed E-state index contributed by atoms with van der Waals surface area (Å²) in [5, 5.41) is 14.3. The number of methoxy groups -OCH3 is 1. The van der Waals surface area contributed by atoms with E-state index in [0.29, 0.717) is 11.4 Å². The normalized spacial score (nSPS) is 16.1. The van der Waals surface area contributed by atoms with Crippen molar-refractivity contribution in [3.8, 4) is 0 Å². The number of amides is 2. The van der Waals surface area contributed by atoms with Crippen LogP contribution in [0.2, 0.25) is 0 Å². The van der Waals surface area contributed by atoms with Gasteiger partial charge in [0, 0.05) is 32.0 Å². The molecule has 0 radical (unpaired) electrons. The van der Waals surface area contributed by atoms with Gasteiger partial charge in [0.2, 0.25) is 11.8 Å². The van der Waals surface area contributed by atoms with Gasteiger partial charge >= 0.3 is 5.97 Å². The van der Waals surface area contributed by atoms with E-state index in [0.717, 1.165) is 6.42 Å². The molecule has 1 aromatic rings. The Balaban J connectivity index is 3.17. The van der Waals surface area contributed by atoms with Crippen LogP contribution in [-0.4, -0.2) is 84.1 Å². The van der Waals surface area contributed by atoms with E-state index >= 15 is 0 Å². The first-order valence-corrected chi connectivity index (χ1v) is 13.1. The summed E-state index contributed by atoms with van der Waals surface area (Å²) in [4.78, 5) is 45.9. The Morgan fingerprint density at radius 2 is 1.71 bits per heavy atom. The maximum Gasteiger partial charge on any atom is 0.355 e. The molecule has 0 fully saturated rings. The third-order valence-electron chi connectivity index (χ3n) is 6.60. The summed E-state index contributed by atoms with van der Waals surface area (Å²) in [5.41, 5.74) is -0.0160. The lowest BCUT2D eigenvalue weighted by atomic mass is 9.92. The minimum Gasteiger partial charge on any atom is -0.476 e. The molecule has 35 heavy (non-hydrogen) atoms. The van der Waals surface area contributed by atoms with Crippen molar-refractivity contribution in [1.29, 1.82) is 0 Å². The van der Waals surface area contributed by atoms with Crippen LogP contribution < -0.4 is 5.32 Å². The van der Waals surface area contributed by atoms with E-state index in [1.165, 1.54) is 16.7 Å². The molecule has 200 valence electrons. The van der Waals surface area contributed by atoms with Crippen molar-refractivity contribution in [1.82, 2.24) is 20.1 Å². The Labute approximate surface area is 214 Å². The average Bonchev–Trinajstić information content (AvgIpc) is 3.26. The second-order valence-corrected chi connectivity index (χ2v) is 11.0. The van der Waals surface area contributed by atoms with Gasteiger partial charge in [-0.25, -0.2) is 9.78 Å². The number of aromatic nitrogens is 1. The molecule has 9 nitrogen and oxygen atoms in total. The Bertz CT molecular complexity index is 834. The highest BCUT2D eigenvalue weighted by Gasteiger charge is 2.36. The highest BCUT2D eigenvalue weighted by atomic mass is 32.1. The maximum atomic E-state index is 13.8. The second kappa shape index (κ2) is 13.9. The van der Waals surface area contributed by atoms with Crippen molar-refractivity contribution >= 4 is 29.1 Å². The van der Waals surface area contributed by atoms with Gasteiger partial charge < -0.3 is 20.1 Å². The van der Waals surface area contributed by atoms with Gasteiger partial charge in [-0.15, -0.1) is 11.3 Å². The summed E-state index contributed by atoms with van der Waals surface area (Å²) < 4.78 is 5.66. The SMILES string of the molecule is CC[C@H](C)[C@H](NC(=O)[C@H](C(C)C)N(C)C)C(=O)N(C)[C@H](C[C@@H](OC)c1nc(C(=O)O)cs1)C(C)C. The standard InChI is InChI=1S/C25H44N4O5S/c1-11-16(6)20(27-22(30)21(15(4)5)28(7)8)24(31)29(9)18(14(2)3)12-19(34-10)23-26-17(13-35-23)25(32)33/h13-16,18-21H,11-12H2,1-10H3,(H,27,30)(H,32,33)/t16-,18+,19+,20-,21-/m0/s1. The molecule has 2 amide bonds. The van der Waals surface area contributed by atoms with E-state index in [1.54, 1.807) is 19.1 Å². The Morgan fingerprint density at radius 1 is 1.11 bits per heavy atom. The smallest absolute Gasteiger partial charge is 0.355 e. The summed E-state index contributed by atoms with van der Waals surface area (Å²) in [6.45, 7) is 12.0. The van der Waals surface area contributed by atoms with E-state index in [1.807, 2.05) is 60.5 Å². The van der Waals surface area contributed by atoms with Crippen LogP contribution in [0.3, 0.4) is 0 Å². The first-order valence-electron chi connectivity index (χ1n) is 12.2. The van der Waals surface area contributed by atoms with Crippen LogP contribution in [0.5, 0.6) is 0 Å². The fourth-order valence-electron chi connectivity index (χ4n) is 4.37.